The number of hydrogen-bond acceptors (Lipinski definition) is 4. The van der Waals surface area contributed by atoms with Crippen LogP contribution in [0, 0.1) is 6.92 Å². The summed E-state index contributed by atoms with van der Waals surface area (Å²) in [6, 6.07) is 14.0. The summed E-state index contributed by atoms with van der Waals surface area (Å²) in [6.45, 7) is 1.97. The van der Waals surface area contributed by atoms with Crippen molar-refractivity contribution >= 4 is 21.1 Å². The predicted octanol–water partition coefficient (Wildman–Crippen LogP) is 2.61. The van der Waals surface area contributed by atoms with E-state index in [1.165, 1.54) is 12.1 Å². The van der Waals surface area contributed by atoms with Gasteiger partial charge in [-0.2, -0.15) is 0 Å². The molecule has 5 nitrogen and oxygen atoms in total. The lowest BCUT2D eigenvalue weighted by molar-refractivity contribution is 0.558. The third-order valence-electron chi connectivity index (χ3n) is 3.09. The van der Waals surface area contributed by atoms with E-state index in [0.29, 0.717) is 17.0 Å². The molecule has 1 heterocycles. The highest BCUT2D eigenvalue weighted by atomic mass is 32.2. The maximum absolute atomic E-state index is 12.3. The van der Waals surface area contributed by atoms with Crippen molar-refractivity contribution in [3.8, 4) is 0 Å². The minimum atomic E-state index is -3.58. The molecule has 1 N–H and O–H groups in total. The average molecular weight is 302 g/mol. The second-order valence-electron chi connectivity index (χ2n) is 4.67. The number of hydrogen-bond donors (Lipinski definition) is 1. The number of oxazole rings is 1. The van der Waals surface area contributed by atoms with E-state index < -0.39 is 10.0 Å². The summed E-state index contributed by atoms with van der Waals surface area (Å²) in [4.78, 5) is 4.32. The molecule has 0 saturated heterocycles. The number of aryl methyl sites for hydroxylation is 1. The monoisotopic (exact) mass is 302 g/mol. The van der Waals surface area contributed by atoms with Gasteiger partial charge in [-0.05, 0) is 17.7 Å². The van der Waals surface area contributed by atoms with E-state index in [4.69, 9.17) is 4.42 Å². The Hall–Kier alpha value is -2.18. The van der Waals surface area contributed by atoms with E-state index >= 15 is 0 Å². The fourth-order valence-electron chi connectivity index (χ4n) is 2.04. The number of aromatic nitrogens is 1. The van der Waals surface area contributed by atoms with Gasteiger partial charge >= 0.3 is 0 Å². The number of rotatable bonds is 4. The lowest BCUT2D eigenvalue weighted by atomic mass is 10.2. The lowest BCUT2D eigenvalue weighted by Crippen LogP contribution is -2.23. The molecule has 0 amide bonds. The number of sulfonamides is 1. The van der Waals surface area contributed by atoms with Crippen LogP contribution < -0.4 is 4.72 Å². The fraction of sp³-hybridized carbons (Fsp3) is 0.133. The van der Waals surface area contributed by atoms with E-state index in [2.05, 4.69) is 9.71 Å². The van der Waals surface area contributed by atoms with Crippen molar-refractivity contribution in [2.75, 3.05) is 0 Å². The molecule has 0 aliphatic rings. The van der Waals surface area contributed by atoms with Gasteiger partial charge in [-0.15, -0.1) is 0 Å². The summed E-state index contributed by atoms with van der Waals surface area (Å²) in [5.74, 6) is 0.511. The number of fused-ring (bicyclic) bond motifs is 1. The zero-order valence-electron chi connectivity index (χ0n) is 11.4. The molecule has 0 fully saturated rings. The zero-order chi connectivity index (χ0) is 14.9. The first kappa shape index (κ1) is 13.8. The van der Waals surface area contributed by atoms with Crippen LogP contribution in [0.5, 0.6) is 0 Å². The van der Waals surface area contributed by atoms with Crippen LogP contribution in [0.2, 0.25) is 0 Å². The number of benzene rings is 2. The van der Waals surface area contributed by atoms with E-state index in [0.717, 1.165) is 5.56 Å². The number of nitrogens with zero attached hydrogens (tertiary/aromatic N) is 1. The van der Waals surface area contributed by atoms with Gasteiger partial charge in [-0.1, -0.05) is 30.3 Å². The Morgan fingerprint density at radius 3 is 2.67 bits per heavy atom. The Kier molecular flexibility index (Phi) is 3.48. The van der Waals surface area contributed by atoms with E-state index in [-0.39, 0.29) is 11.4 Å². The molecule has 21 heavy (non-hydrogen) atoms. The van der Waals surface area contributed by atoms with Crippen molar-refractivity contribution in [1.29, 1.82) is 0 Å². The molecule has 0 bridgehead atoms. The van der Waals surface area contributed by atoms with Crippen molar-refractivity contribution < 1.29 is 12.8 Å². The average Bonchev–Trinajstić information content (AvgIpc) is 2.85. The molecule has 0 radical (unpaired) electrons. The number of nitrogens with one attached hydrogen (secondary N) is 1. The normalized spacial score (nSPS) is 11.9. The van der Waals surface area contributed by atoms with Gasteiger partial charge < -0.3 is 4.42 Å². The molecule has 0 aliphatic carbocycles. The molecule has 0 aliphatic heterocycles. The summed E-state index contributed by atoms with van der Waals surface area (Å²) in [7, 11) is -3.58. The summed E-state index contributed by atoms with van der Waals surface area (Å²) in [5.41, 5.74) is 2.02. The molecular formula is C15H14N2O3S. The van der Waals surface area contributed by atoms with Crippen LogP contribution in [0.25, 0.3) is 11.1 Å². The van der Waals surface area contributed by atoms with Crippen LogP contribution >= 0.6 is 0 Å². The molecule has 0 saturated carbocycles. The maximum atomic E-state index is 12.3. The van der Waals surface area contributed by atoms with Gasteiger partial charge in [0, 0.05) is 19.5 Å². The summed E-state index contributed by atoms with van der Waals surface area (Å²) in [5, 5.41) is 0. The van der Waals surface area contributed by atoms with Crippen molar-refractivity contribution in [1.82, 2.24) is 9.71 Å². The second-order valence-corrected chi connectivity index (χ2v) is 6.44. The third-order valence-corrected chi connectivity index (χ3v) is 4.49. The van der Waals surface area contributed by atoms with Crippen molar-refractivity contribution in [2.45, 2.75) is 18.4 Å². The van der Waals surface area contributed by atoms with Crippen LogP contribution in [0.4, 0.5) is 0 Å². The minimum Gasteiger partial charge on any atom is -0.441 e. The molecule has 2 aromatic carbocycles. The first-order valence-corrected chi connectivity index (χ1v) is 7.94. The van der Waals surface area contributed by atoms with Crippen LogP contribution in [0.15, 0.2) is 57.8 Å². The van der Waals surface area contributed by atoms with E-state index in [1.807, 2.05) is 30.3 Å². The molecule has 0 unspecified atom stereocenters. The largest absolute Gasteiger partial charge is 0.441 e. The lowest BCUT2D eigenvalue weighted by Gasteiger charge is -2.06. The highest BCUT2D eigenvalue weighted by Crippen LogP contribution is 2.19. The zero-order valence-corrected chi connectivity index (χ0v) is 12.2. The highest BCUT2D eigenvalue weighted by molar-refractivity contribution is 7.89. The van der Waals surface area contributed by atoms with E-state index in [1.54, 1.807) is 13.0 Å². The molecule has 3 rings (SSSR count). The Bertz CT molecular complexity index is 870. The van der Waals surface area contributed by atoms with Crippen molar-refractivity contribution in [2.24, 2.45) is 0 Å². The Morgan fingerprint density at radius 1 is 1.14 bits per heavy atom. The Labute approximate surface area is 122 Å². The van der Waals surface area contributed by atoms with Gasteiger partial charge in [0.15, 0.2) is 11.5 Å². The quantitative estimate of drug-likeness (QED) is 0.804. The van der Waals surface area contributed by atoms with Gasteiger partial charge in [0.2, 0.25) is 10.0 Å². The second kappa shape index (κ2) is 5.31. The topological polar surface area (TPSA) is 72.2 Å². The van der Waals surface area contributed by atoms with Gasteiger partial charge in [-0.3, -0.25) is 0 Å². The van der Waals surface area contributed by atoms with Gasteiger partial charge in [-0.25, -0.2) is 18.1 Å². The molecular weight excluding hydrogens is 288 g/mol. The maximum Gasteiger partial charge on any atom is 0.241 e. The first-order chi connectivity index (χ1) is 10.0. The van der Waals surface area contributed by atoms with Crippen molar-refractivity contribution in [3.05, 3.63) is 60.0 Å². The van der Waals surface area contributed by atoms with Crippen LogP contribution in [-0.4, -0.2) is 13.4 Å². The summed E-state index contributed by atoms with van der Waals surface area (Å²) < 4.78 is 32.5. The minimum absolute atomic E-state index is 0.169. The molecule has 0 atom stereocenters. The Balaban J connectivity index is 1.85. The Morgan fingerprint density at radius 2 is 1.90 bits per heavy atom. The molecule has 0 spiro atoms. The van der Waals surface area contributed by atoms with Crippen molar-refractivity contribution in [3.63, 3.8) is 0 Å². The van der Waals surface area contributed by atoms with E-state index in [9.17, 15) is 8.42 Å². The van der Waals surface area contributed by atoms with Gasteiger partial charge in [0.05, 0.1) is 4.90 Å². The molecule has 108 valence electrons. The van der Waals surface area contributed by atoms with Gasteiger partial charge in [0.25, 0.3) is 0 Å². The van der Waals surface area contributed by atoms with Crippen LogP contribution in [0.1, 0.15) is 11.5 Å². The molecule has 3 aromatic rings. The molecule has 6 heteroatoms. The fourth-order valence-corrected chi connectivity index (χ4v) is 3.08. The first-order valence-electron chi connectivity index (χ1n) is 6.45. The van der Waals surface area contributed by atoms with Crippen LogP contribution in [-0.2, 0) is 16.6 Å². The summed E-state index contributed by atoms with van der Waals surface area (Å²) in [6.07, 6.45) is 0. The standard InChI is InChI=1S/C15H14N2O3S/c1-11-17-14-8-7-13(9-15(14)20-11)21(18,19)16-10-12-5-3-2-4-6-12/h2-9,16H,10H2,1H3. The third kappa shape index (κ3) is 2.96. The predicted molar refractivity (Wildman–Crippen MR) is 79.2 cm³/mol. The van der Waals surface area contributed by atoms with Gasteiger partial charge in [0.1, 0.15) is 5.52 Å². The smallest absolute Gasteiger partial charge is 0.241 e. The SMILES string of the molecule is Cc1nc2ccc(S(=O)(=O)NCc3ccccc3)cc2o1. The molecule has 1 aromatic heterocycles. The highest BCUT2D eigenvalue weighted by Gasteiger charge is 2.15. The van der Waals surface area contributed by atoms with Crippen LogP contribution in [0.3, 0.4) is 0 Å². The summed E-state index contributed by atoms with van der Waals surface area (Å²) >= 11 is 0.